The van der Waals surface area contributed by atoms with Crippen LogP contribution in [0.4, 0.5) is 5.69 Å². The molecule has 2 rings (SSSR count). The van der Waals surface area contributed by atoms with Crippen molar-refractivity contribution in [1.82, 2.24) is 5.32 Å². The first-order valence-corrected chi connectivity index (χ1v) is 6.95. The highest BCUT2D eigenvalue weighted by Crippen LogP contribution is 2.31. The van der Waals surface area contributed by atoms with Gasteiger partial charge in [0.05, 0.1) is 18.1 Å². The third-order valence-electron chi connectivity index (χ3n) is 3.37. The van der Waals surface area contributed by atoms with E-state index in [2.05, 4.69) is 5.32 Å². The average Bonchev–Trinajstić information content (AvgIpc) is 2.46. The Balaban J connectivity index is 2.00. The first-order chi connectivity index (χ1) is 9.70. The van der Waals surface area contributed by atoms with Crippen LogP contribution in [0.2, 0.25) is 0 Å². The molecule has 110 valence electrons. The summed E-state index contributed by atoms with van der Waals surface area (Å²) in [6.07, 6.45) is 2.20. The largest absolute Gasteiger partial charge is 0.493 e. The maximum absolute atomic E-state index is 10.9. The molecule has 6 heteroatoms. The fourth-order valence-electron chi connectivity index (χ4n) is 2.27. The predicted molar refractivity (Wildman–Crippen MR) is 75.4 cm³/mol. The van der Waals surface area contributed by atoms with Crippen LogP contribution in [0.1, 0.15) is 19.8 Å². The number of ether oxygens (including phenoxy) is 2. The van der Waals surface area contributed by atoms with Gasteiger partial charge in [0, 0.05) is 12.1 Å². The zero-order chi connectivity index (χ0) is 14.4. The van der Waals surface area contributed by atoms with Gasteiger partial charge in [0.15, 0.2) is 0 Å². The molecular formula is C14H20N2O4. The standard InChI is InChI=1S/C14H20N2O4/c1-2-19-14-9-12(3-4-13(14)16(17)18)20-10-11-5-7-15-8-6-11/h3-4,9,11,15H,2,5-8,10H2,1H3. The van der Waals surface area contributed by atoms with E-state index in [0.29, 0.717) is 24.9 Å². The molecule has 1 aliphatic rings. The van der Waals surface area contributed by atoms with E-state index in [1.54, 1.807) is 19.1 Å². The Morgan fingerprint density at radius 3 is 2.75 bits per heavy atom. The Kier molecular flexibility index (Phi) is 5.17. The molecule has 0 spiro atoms. The lowest BCUT2D eigenvalue weighted by molar-refractivity contribution is -0.385. The predicted octanol–water partition coefficient (Wildman–Crippen LogP) is 2.37. The van der Waals surface area contributed by atoms with E-state index in [4.69, 9.17) is 9.47 Å². The number of nitro groups is 1. The van der Waals surface area contributed by atoms with Crippen LogP contribution in [0.25, 0.3) is 0 Å². The number of rotatable bonds is 6. The van der Waals surface area contributed by atoms with Gasteiger partial charge in [0.25, 0.3) is 0 Å². The van der Waals surface area contributed by atoms with Crippen LogP contribution >= 0.6 is 0 Å². The summed E-state index contributed by atoms with van der Waals surface area (Å²) in [7, 11) is 0. The molecule has 0 saturated carbocycles. The van der Waals surface area contributed by atoms with Gasteiger partial charge in [-0.1, -0.05) is 0 Å². The minimum Gasteiger partial charge on any atom is -0.493 e. The summed E-state index contributed by atoms with van der Waals surface area (Å²) in [5.74, 6) is 1.43. The maximum Gasteiger partial charge on any atom is 0.311 e. The first-order valence-electron chi connectivity index (χ1n) is 6.95. The van der Waals surface area contributed by atoms with E-state index in [1.165, 1.54) is 6.07 Å². The number of benzene rings is 1. The molecule has 0 amide bonds. The topological polar surface area (TPSA) is 73.6 Å². The Morgan fingerprint density at radius 1 is 1.35 bits per heavy atom. The minimum atomic E-state index is -0.443. The van der Waals surface area contributed by atoms with Crippen molar-refractivity contribution in [3.05, 3.63) is 28.3 Å². The van der Waals surface area contributed by atoms with E-state index >= 15 is 0 Å². The first kappa shape index (κ1) is 14.6. The molecule has 0 bridgehead atoms. The van der Waals surface area contributed by atoms with Gasteiger partial charge in [-0.25, -0.2) is 0 Å². The molecule has 0 aliphatic carbocycles. The van der Waals surface area contributed by atoms with E-state index in [-0.39, 0.29) is 11.4 Å². The zero-order valence-corrected chi connectivity index (χ0v) is 11.6. The lowest BCUT2D eigenvalue weighted by atomic mass is 9.99. The van der Waals surface area contributed by atoms with E-state index < -0.39 is 4.92 Å². The molecule has 6 nitrogen and oxygen atoms in total. The lowest BCUT2D eigenvalue weighted by Gasteiger charge is -2.22. The highest BCUT2D eigenvalue weighted by Gasteiger charge is 2.17. The fraction of sp³-hybridized carbons (Fsp3) is 0.571. The molecule has 1 aliphatic heterocycles. The van der Waals surface area contributed by atoms with Crippen molar-refractivity contribution in [2.75, 3.05) is 26.3 Å². The SMILES string of the molecule is CCOc1cc(OCC2CCNCC2)ccc1[N+](=O)[O-]. The number of nitro benzene ring substituents is 1. The van der Waals surface area contributed by atoms with E-state index in [1.807, 2.05) is 0 Å². The van der Waals surface area contributed by atoms with Gasteiger partial charge in [-0.15, -0.1) is 0 Å². The monoisotopic (exact) mass is 280 g/mol. The van der Waals surface area contributed by atoms with Crippen LogP contribution in [0.3, 0.4) is 0 Å². The van der Waals surface area contributed by atoms with Gasteiger partial charge in [0.2, 0.25) is 5.75 Å². The second-order valence-electron chi connectivity index (χ2n) is 4.82. The second-order valence-corrected chi connectivity index (χ2v) is 4.82. The molecule has 1 aromatic rings. The van der Waals surface area contributed by atoms with Gasteiger partial charge in [-0.2, -0.15) is 0 Å². The van der Waals surface area contributed by atoms with Crippen LogP contribution in [-0.2, 0) is 0 Å². The Bertz CT molecular complexity index is 458. The van der Waals surface area contributed by atoms with E-state index in [9.17, 15) is 10.1 Å². The number of nitrogens with one attached hydrogen (secondary N) is 1. The zero-order valence-electron chi connectivity index (χ0n) is 11.6. The maximum atomic E-state index is 10.9. The molecule has 1 fully saturated rings. The van der Waals surface area contributed by atoms with Gasteiger partial charge < -0.3 is 14.8 Å². The number of hydrogen-bond donors (Lipinski definition) is 1. The van der Waals surface area contributed by atoms with Crippen molar-refractivity contribution >= 4 is 5.69 Å². The van der Waals surface area contributed by atoms with Crippen LogP contribution in [0.5, 0.6) is 11.5 Å². The van der Waals surface area contributed by atoms with Crippen LogP contribution in [0, 0.1) is 16.0 Å². The van der Waals surface area contributed by atoms with Crippen LogP contribution < -0.4 is 14.8 Å². The van der Waals surface area contributed by atoms with Gasteiger partial charge in [0.1, 0.15) is 5.75 Å². The second kappa shape index (κ2) is 7.09. The van der Waals surface area contributed by atoms with Crippen LogP contribution in [0.15, 0.2) is 18.2 Å². The van der Waals surface area contributed by atoms with E-state index in [0.717, 1.165) is 25.9 Å². The lowest BCUT2D eigenvalue weighted by Crippen LogP contribution is -2.30. The van der Waals surface area contributed by atoms with Crippen molar-refractivity contribution in [3.8, 4) is 11.5 Å². The van der Waals surface area contributed by atoms with Crippen molar-refractivity contribution in [3.63, 3.8) is 0 Å². The molecule has 1 heterocycles. The molecular weight excluding hydrogens is 260 g/mol. The molecule has 1 saturated heterocycles. The van der Waals surface area contributed by atoms with Crippen molar-refractivity contribution in [2.45, 2.75) is 19.8 Å². The Morgan fingerprint density at radius 2 is 2.10 bits per heavy atom. The average molecular weight is 280 g/mol. The smallest absolute Gasteiger partial charge is 0.311 e. The summed E-state index contributed by atoms with van der Waals surface area (Å²) in [6.45, 7) is 4.88. The highest BCUT2D eigenvalue weighted by atomic mass is 16.6. The number of hydrogen-bond acceptors (Lipinski definition) is 5. The third kappa shape index (κ3) is 3.84. The van der Waals surface area contributed by atoms with Crippen molar-refractivity contribution in [2.24, 2.45) is 5.92 Å². The van der Waals surface area contributed by atoms with Crippen molar-refractivity contribution in [1.29, 1.82) is 0 Å². The third-order valence-corrected chi connectivity index (χ3v) is 3.37. The Labute approximate surface area is 118 Å². The van der Waals surface area contributed by atoms with Crippen LogP contribution in [-0.4, -0.2) is 31.2 Å². The summed E-state index contributed by atoms with van der Waals surface area (Å²) in [5.41, 5.74) is -0.0268. The highest BCUT2D eigenvalue weighted by molar-refractivity contribution is 5.50. The Hall–Kier alpha value is -1.82. The van der Waals surface area contributed by atoms with Gasteiger partial charge in [-0.3, -0.25) is 10.1 Å². The summed E-state index contributed by atoms with van der Waals surface area (Å²) in [5, 5.41) is 14.2. The summed E-state index contributed by atoms with van der Waals surface area (Å²) in [6, 6.07) is 4.66. The van der Waals surface area contributed by atoms with Crippen molar-refractivity contribution < 1.29 is 14.4 Å². The summed E-state index contributed by atoms with van der Waals surface area (Å²) in [4.78, 5) is 10.4. The molecule has 0 radical (unpaired) electrons. The number of nitrogens with zero attached hydrogens (tertiary/aromatic N) is 1. The summed E-state index contributed by atoms with van der Waals surface area (Å²) >= 11 is 0. The fourth-order valence-corrected chi connectivity index (χ4v) is 2.27. The molecule has 0 unspecified atom stereocenters. The molecule has 0 atom stereocenters. The molecule has 1 aromatic carbocycles. The van der Waals surface area contributed by atoms with Gasteiger partial charge >= 0.3 is 5.69 Å². The molecule has 0 aromatic heterocycles. The molecule has 1 N–H and O–H groups in total. The summed E-state index contributed by atoms with van der Waals surface area (Å²) < 4.78 is 11.0. The normalized spacial score (nSPS) is 15.8. The van der Waals surface area contributed by atoms with Gasteiger partial charge in [-0.05, 0) is 44.8 Å². The molecule has 20 heavy (non-hydrogen) atoms. The quantitative estimate of drug-likeness (QED) is 0.639. The number of piperidine rings is 1. The minimum absolute atomic E-state index is 0.0268.